The summed E-state index contributed by atoms with van der Waals surface area (Å²) in [4.78, 5) is 24.9. The lowest BCUT2D eigenvalue weighted by Crippen LogP contribution is -2.36. The van der Waals surface area contributed by atoms with E-state index in [2.05, 4.69) is 5.10 Å². The molecule has 128 valence electrons. The second kappa shape index (κ2) is 7.49. The van der Waals surface area contributed by atoms with Gasteiger partial charge < -0.3 is 10.0 Å². The summed E-state index contributed by atoms with van der Waals surface area (Å²) in [7, 11) is 0. The Morgan fingerprint density at radius 2 is 1.96 bits per heavy atom. The third kappa shape index (κ3) is 3.76. The Morgan fingerprint density at radius 3 is 2.54 bits per heavy atom. The summed E-state index contributed by atoms with van der Waals surface area (Å²) in [6, 6.07) is 7.46. The van der Waals surface area contributed by atoms with E-state index in [1.54, 1.807) is 31.5 Å². The molecule has 1 aromatic heterocycles. The minimum Gasteiger partial charge on any atom is -0.480 e. The van der Waals surface area contributed by atoms with Gasteiger partial charge in [0.15, 0.2) is 0 Å². The highest BCUT2D eigenvalue weighted by atomic mass is 35.5. The number of carboxylic acid groups (broad SMARTS) is 1. The molecule has 0 radical (unpaired) electrons. The standard InChI is InChI=1S/C17H20ClN3O3/c1-4-20(10-15(22)23)17(24)16-11(2)19-21(12(16)3)9-13-7-5-6-8-14(13)18/h5-8H,4,9-10H2,1-3H3,(H,22,23). The molecule has 0 fully saturated rings. The topological polar surface area (TPSA) is 75.4 Å². The van der Waals surface area contributed by atoms with E-state index in [9.17, 15) is 9.59 Å². The molecule has 0 aliphatic rings. The van der Waals surface area contributed by atoms with Crippen LogP contribution in [0.3, 0.4) is 0 Å². The molecule has 0 spiro atoms. The van der Waals surface area contributed by atoms with Crippen LogP contribution in [0.1, 0.15) is 34.2 Å². The molecule has 7 heteroatoms. The van der Waals surface area contributed by atoms with Crippen LogP contribution in [-0.4, -0.2) is 44.8 Å². The molecule has 2 rings (SSSR count). The Morgan fingerprint density at radius 1 is 1.29 bits per heavy atom. The maximum atomic E-state index is 12.7. The number of carbonyl (C=O) groups excluding carboxylic acids is 1. The molecule has 1 aromatic carbocycles. The molecule has 1 amide bonds. The molecular weight excluding hydrogens is 330 g/mol. The first-order valence-corrected chi connectivity index (χ1v) is 8.01. The SMILES string of the molecule is CCN(CC(=O)O)C(=O)c1c(C)nn(Cc2ccccc2Cl)c1C. The number of hydrogen-bond acceptors (Lipinski definition) is 3. The van der Waals surface area contributed by atoms with E-state index in [0.717, 1.165) is 5.56 Å². The van der Waals surface area contributed by atoms with Gasteiger partial charge in [-0.15, -0.1) is 0 Å². The molecule has 24 heavy (non-hydrogen) atoms. The lowest BCUT2D eigenvalue weighted by Gasteiger charge is -2.18. The van der Waals surface area contributed by atoms with Gasteiger partial charge in [0.2, 0.25) is 0 Å². The van der Waals surface area contributed by atoms with E-state index in [0.29, 0.717) is 35.1 Å². The Hall–Kier alpha value is -2.34. The van der Waals surface area contributed by atoms with Crippen LogP contribution in [0.25, 0.3) is 0 Å². The second-order valence-corrected chi connectivity index (χ2v) is 5.92. The molecule has 0 atom stereocenters. The predicted molar refractivity (Wildman–Crippen MR) is 91.5 cm³/mol. The monoisotopic (exact) mass is 349 g/mol. The molecule has 1 heterocycles. The van der Waals surface area contributed by atoms with Gasteiger partial charge in [-0.3, -0.25) is 14.3 Å². The van der Waals surface area contributed by atoms with Crippen LogP contribution in [0, 0.1) is 13.8 Å². The molecule has 0 aliphatic heterocycles. The van der Waals surface area contributed by atoms with Crippen molar-refractivity contribution in [1.29, 1.82) is 0 Å². The van der Waals surface area contributed by atoms with Crippen molar-refractivity contribution in [2.45, 2.75) is 27.3 Å². The van der Waals surface area contributed by atoms with Crippen molar-refractivity contribution in [1.82, 2.24) is 14.7 Å². The van der Waals surface area contributed by atoms with E-state index >= 15 is 0 Å². The number of hydrogen-bond donors (Lipinski definition) is 1. The fraction of sp³-hybridized carbons (Fsp3) is 0.353. The summed E-state index contributed by atoms with van der Waals surface area (Å²) in [5.41, 5.74) is 2.63. The number of benzene rings is 1. The van der Waals surface area contributed by atoms with Crippen LogP contribution in [0.5, 0.6) is 0 Å². The van der Waals surface area contributed by atoms with Gasteiger partial charge in [-0.25, -0.2) is 0 Å². The lowest BCUT2D eigenvalue weighted by atomic mass is 10.1. The van der Waals surface area contributed by atoms with Crippen molar-refractivity contribution < 1.29 is 14.7 Å². The van der Waals surface area contributed by atoms with E-state index in [4.69, 9.17) is 16.7 Å². The predicted octanol–water partition coefficient (Wildman–Crippen LogP) is 2.75. The summed E-state index contributed by atoms with van der Waals surface area (Å²) in [6.07, 6.45) is 0. The summed E-state index contributed by atoms with van der Waals surface area (Å²) in [6.45, 7) is 5.74. The third-order valence-corrected chi connectivity index (χ3v) is 4.24. The van der Waals surface area contributed by atoms with Crippen LogP contribution in [0.2, 0.25) is 5.02 Å². The number of likely N-dealkylation sites (N-methyl/N-ethyl adjacent to an activating group) is 1. The van der Waals surface area contributed by atoms with E-state index in [1.807, 2.05) is 18.2 Å². The number of halogens is 1. The Labute approximate surface area is 145 Å². The van der Waals surface area contributed by atoms with Crippen LogP contribution in [0.4, 0.5) is 0 Å². The quantitative estimate of drug-likeness (QED) is 0.870. The van der Waals surface area contributed by atoms with E-state index in [1.165, 1.54) is 4.90 Å². The van der Waals surface area contributed by atoms with E-state index < -0.39 is 5.97 Å². The zero-order chi connectivity index (χ0) is 17.9. The van der Waals surface area contributed by atoms with Crippen LogP contribution in [0.15, 0.2) is 24.3 Å². The largest absolute Gasteiger partial charge is 0.480 e. The molecular formula is C17H20ClN3O3. The average Bonchev–Trinajstić information content (AvgIpc) is 2.80. The van der Waals surface area contributed by atoms with Crippen molar-refractivity contribution in [3.05, 3.63) is 51.8 Å². The first kappa shape index (κ1) is 18.0. The second-order valence-electron chi connectivity index (χ2n) is 5.51. The minimum atomic E-state index is -1.04. The average molecular weight is 350 g/mol. The summed E-state index contributed by atoms with van der Waals surface area (Å²) >= 11 is 6.18. The summed E-state index contributed by atoms with van der Waals surface area (Å²) in [5, 5.41) is 14.0. The van der Waals surface area contributed by atoms with Crippen LogP contribution < -0.4 is 0 Å². The molecule has 0 aliphatic carbocycles. The molecule has 0 unspecified atom stereocenters. The number of aromatic nitrogens is 2. The number of aryl methyl sites for hydroxylation is 1. The lowest BCUT2D eigenvalue weighted by molar-refractivity contribution is -0.137. The maximum Gasteiger partial charge on any atom is 0.323 e. The van der Waals surface area contributed by atoms with Crippen LogP contribution in [-0.2, 0) is 11.3 Å². The molecule has 0 saturated heterocycles. The van der Waals surface area contributed by atoms with Crippen molar-refractivity contribution in [3.8, 4) is 0 Å². The first-order valence-electron chi connectivity index (χ1n) is 7.63. The molecule has 0 bridgehead atoms. The van der Waals surface area contributed by atoms with Gasteiger partial charge >= 0.3 is 5.97 Å². The van der Waals surface area contributed by atoms with Crippen molar-refractivity contribution in [2.24, 2.45) is 0 Å². The fourth-order valence-electron chi connectivity index (χ4n) is 2.60. The van der Waals surface area contributed by atoms with Gasteiger partial charge in [-0.2, -0.15) is 5.10 Å². The molecule has 1 N–H and O–H groups in total. The maximum absolute atomic E-state index is 12.7. The smallest absolute Gasteiger partial charge is 0.323 e. The Kier molecular flexibility index (Phi) is 5.62. The van der Waals surface area contributed by atoms with E-state index in [-0.39, 0.29) is 12.5 Å². The number of carbonyl (C=O) groups is 2. The minimum absolute atomic E-state index is 0.319. The number of nitrogens with zero attached hydrogens (tertiary/aromatic N) is 3. The highest BCUT2D eigenvalue weighted by molar-refractivity contribution is 6.31. The van der Waals surface area contributed by atoms with Crippen molar-refractivity contribution >= 4 is 23.5 Å². The van der Waals surface area contributed by atoms with Crippen molar-refractivity contribution in [2.75, 3.05) is 13.1 Å². The van der Waals surface area contributed by atoms with Gasteiger partial charge in [0, 0.05) is 17.3 Å². The number of rotatable bonds is 6. The zero-order valence-electron chi connectivity index (χ0n) is 13.9. The van der Waals surface area contributed by atoms with Gasteiger partial charge in [0.25, 0.3) is 5.91 Å². The van der Waals surface area contributed by atoms with Crippen molar-refractivity contribution in [3.63, 3.8) is 0 Å². The summed E-state index contributed by atoms with van der Waals surface area (Å²) in [5.74, 6) is -1.36. The molecule has 6 nitrogen and oxygen atoms in total. The van der Waals surface area contributed by atoms with Crippen LogP contribution >= 0.6 is 11.6 Å². The molecule has 2 aromatic rings. The summed E-state index contributed by atoms with van der Waals surface area (Å²) < 4.78 is 1.72. The van der Waals surface area contributed by atoms with Gasteiger partial charge in [-0.05, 0) is 32.4 Å². The number of carboxylic acids is 1. The highest BCUT2D eigenvalue weighted by Crippen LogP contribution is 2.20. The molecule has 0 saturated carbocycles. The zero-order valence-corrected chi connectivity index (χ0v) is 14.7. The Bertz CT molecular complexity index is 770. The normalized spacial score (nSPS) is 10.7. The first-order chi connectivity index (χ1) is 11.3. The third-order valence-electron chi connectivity index (χ3n) is 3.87. The van der Waals surface area contributed by atoms with Gasteiger partial charge in [0.05, 0.1) is 17.8 Å². The fourth-order valence-corrected chi connectivity index (χ4v) is 2.79. The number of amides is 1. The Balaban J connectivity index is 2.33. The highest BCUT2D eigenvalue weighted by Gasteiger charge is 2.24. The van der Waals surface area contributed by atoms with Gasteiger partial charge in [-0.1, -0.05) is 29.8 Å². The number of aliphatic carboxylic acids is 1. The van der Waals surface area contributed by atoms with Gasteiger partial charge in [0.1, 0.15) is 6.54 Å².